The number of pyridine rings is 1. The normalized spacial score (nSPS) is 18.1. The number of benzene rings is 1. The molecule has 2 fully saturated rings. The van der Waals surface area contributed by atoms with E-state index in [1.54, 1.807) is 12.4 Å². The Morgan fingerprint density at radius 2 is 1.74 bits per heavy atom. The van der Waals surface area contributed by atoms with Crippen molar-refractivity contribution in [1.29, 1.82) is 0 Å². The van der Waals surface area contributed by atoms with E-state index in [1.807, 2.05) is 90.1 Å². The number of aromatic nitrogens is 5. The predicted molar refractivity (Wildman–Crippen MR) is 162 cm³/mol. The van der Waals surface area contributed by atoms with Gasteiger partial charge in [-0.2, -0.15) is 5.10 Å². The van der Waals surface area contributed by atoms with Crippen molar-refractivity contribution in [2.24, 2.45) is 0 Å². The van der Waals surface area contributed by atoms with Crippen LogP contribution in [0.4, 0.5) is 4.79 Å². The van der Waals surface area contributed by atoms with Crippen molar-refractivity contribution in [3.05, 3.63) is 84.2 Å². The number of hydrogen-bond donors (Lipinski definition) is 0. The number of nitrogens with zero attached hydrogens (tertiary/aromatic N) is 7. The van der Waals surface area contributed by atoms with Crippen molar-refractivity contribution in [2.75, 3.05) is 13.1 Å². The highest BCUT2D eigenvalue weighted by Crippen LogP contribution is 2.33. The number of likely N-dealkylation sites (tertiary alicyclic amines) is 1. The molecule has 222 valence electrons. The highest BCUT2D eigenvalue weighted by molar-refractivity contribution is 5.94. The molecule has 2 bridgehead atoms. The topological polar surface area (TPSA) is 106 Å². The molecule has 5 heterocycles. The van der Waals surface area contributed by atoms with Gasteiger partial charge in [0.1, 0.15) is 17.1 Å². The van der Waals surface area contributed by atoms with Crippen LogP contribution in [-0.2, 0) is 17.7 Å². The zero-order valence-electron chi connectivity index (χ0n) is 25.1. The first-order valence-corrected chi connectivity index (χ1v) is 14.9. The molecule has 2 aliphatic rings. The first-order valence-electron chi connectivity index (χ1n) is 14.9. The van der Waals surface area contributed by atoms with Crippen LogP contribution in [0, 0.1) is 0 Å². The van der Waals surface area contributed by atoms with Crippen LogP contribution in [0.1, 0.15) is 62.3 Å². The molecule has 0 radical (unpaired) electrons. The lowest BCUT2D eigenvalue weighted by molar-refractivity contribution is -0.00335. The fourth-order valence-electron chi connectivity index (χ4n) is 5.93. The molecule has 3 aromatic heterocycles. The summed E-state index contributed by atoms with van der Waals surface area (Å²) < 4.78 is 7.53. The minimum absolute atomic E-state index is 0.00986. The van der Waals surface area contributed by atoms with Crippen molar-refractivity contribution in [3.63, 3.8) is 0 Å². The van der Waals surface area contributed by atoms with E-state index in [-0.39, 0.29) is 24.1 Å². The molecule has 10 heteroatoms. The quantitative estimate of drug-likeness (QED) is 0.308. The molecule has 6 rings (SSSR count). The second-order valence-electron chi connectivity index (χ2n) is 12.2. The van der Waals surface area contributed by atoms with Gasteiger partial charge in [0.05, 0.1) is 17.8 Å². The highest BCUT2D eigenvalue weighted by atomic mass is 16.6. The summed E-state index contributed by atoms with van der Waals surface area (Å²) in [6, 6.07) is 13.4. The van der Waals surface area contributed by atoms with E-state index in [4.69, 9.17) is 14.8 Å². The van der Waals surface area contributed by atoms with Crippen LogP contribution in [0.3, 0.4) is 0 Å². The van der Waals surface area contributed by atoms with Gasteiger partial charge in [-0.25, -0.2) is 14.8 Å². The van der Waals surface area contributed by atoms with Crippen molar-refractivity contribution in [1.82, 2.24) is 34.5 Å². The lowest BCUT2D eigenvalue weighted by Gasteiger charge is -2.41. The number of hydrogen-bond acceptors (Lipinski definition) is 7. The number of carbonyl (C=O) groups excluding carboxylic acids is 2. The van der Waals surface area contributed by atoms with Gasteiger partial charge in [0.15, 0.2) is 0 Å². The third-order valence-electron chi connectivity index (χ3n) is 7.94. The average molecular weight is 580 g/mol. The van der Waals surface area contributed by atoms with Crippen LogP contribution in [-0.4, -0.2) is 77.3 Å². The second kappa shape index (κ2) is 11.6. The van der Waals surface area contributed by atoms with Crippen molar-refractivity contribution in [2.45, 2.75) is 71.2 Å². The maximum absolute atomic E-state index is 13.4. The van der Waals surface area contributed by atoms with Crippen LogP contribution < -0.4 is 0 Å². The molecule has 2 atom stereocenters. The van der Waals surface area contributed by atoms with Crippen LogP contribution in [0.15, 0.2) is 67.3 Å². The summed E-state index contributed by atoms with van der Waals surface area (Å²) in [5.41, 5.74) is 4.61. The van der Waals surface area contributed by atoms with Gasteiger partial charge < -0.3 is 9.64 Å². The second-order valence-corrected chi connectivity index (χ2v) is 12.2. The molecule has 43 heavy (non-hydrogen) atoms. The minimum Gasteiger partial charge on any atom is -0.444 e. The van der Waals surface area contributed by atoms with Gasteiger partial charge in [0, 0.05) is 67.5 Å². The van der Waals surface area contributed by atoms with E-state index in [0.29, 0.717) is 30.9 Å². The van der Waals surface area contributed by atoms with Crippen LogP contribution in [0.25, 0.3) is 22.5 Å². The fraction of sp³-hybridized carbons (Fsp3) is 0.394. The molecule has 0 aliphatic carbocycles. The fourth-order valence-corrected chi connectivity index (χ4v) is 5.93. The number of fused-ring (bicyclic) bond motifs is 2. The number of piperazine rings is 1. The highest BCUT2D eigenvalue weighted by Gasteiger charge is 2.45. The molecule has 0 saturated carbocycles. The Labute approximate surface area is 251 Å². The molecular formula is C33H37N7O3. The van der Waals surface area contributed by atoms with Gasteiger partial charge >= 0.3 is 6.09 Å². The smallest absolute Gasteiger partial charge is 0.410 e. The summed E-state index contributed by atoms with van der Waals surface area (Å²) in [6.45, 7) is 9.47. The van der Waals surface area contributed by atoms with Gasteiger partial charge in [0.25, 0.3) is 5.91 Å². The van der Waals surface area contributed by atoms with Crippen molar-refractivity contribution < 1.29 is 14.3 Å². The molecule has 4 aromatic rings. The Hall–Kier alpha value is -4.60. The number of rotatable bonds is 6. The zero-order chi connectivity index (χ0) is 30.1. The molecule has 0 N–H and O–H groups in total. The molecular weight excluding hydrogens is 542 g/mol. The molecule has 10 nitrogen and oxygen atoms in total. The van der Waals surface area contributed by atoms with E-state index in [1.165, 1.54) is 0 Å². The average Bonchev–Trinajstić information content (AvgIpc) is 3.55. The van der Waals surface area contributed by atoms with Crippen molar-refractivity contribution >= 4 is 12.0 Å². The Morgan fingerprint density at radius 3 is 2.40 bits per heavy atom. The Balaban J connectivity index is 1.13. The van der Waals surface area contributed by atoms with Crippen LogP contribution in [0.2, 0.25) is 0 Å². The largest absolute Gasteiger partial charge is 0.444 e. The van der Waals surface area contributed by atoms with E-state index in [2.05, 4.69) is 16.9 Å². The summed E-state index contributed by atoms with van der Waals surface area (Å²) in [7, 11) is 0. The number of aryl methyl sites for hydroxylation is 1. The van der Waals surface area contributed by atoms with Gasteiger partial charge in [0.2, 0.25) is 0 Å². The van der Waals surface area contributed by atoms with E-state index in [9.17, 15) is 9.59 Å². The lowest BCUT2D eigenvalue weighted by atomic mass is 10.1. The Morgan fingerprint density at radius 1 is 1.00 bits per heavy atom. The Bertz CT molecular complexity index is 1600. The monoisotopic (exact) mass is 579 g/mol. The van der Waals surface area contributed by atoms with Crippen LogP contribution >= 0.6 is 0 Å². The maximum Gasteiger partial charge on any atom is 0.410 e. The van der Waals surface area contributed by atoms with Crippen LogP contribution in [0.5, 0.6) is 0 Å². The van der Waals surface area contributed by atoms with Gasteiger partial charge in [-0.05, 0) is 76.4 Å². The molecule has 0 spiro atoms. The van der Waals surface area contributed by atoms with Crippen molar-refractivity contribution in [3.8, 4) is 22.5 Å². The van der Waals surface area contributed by atoms with E-state index in [0.717, 1.165) is 47.5 Å². The van der Waals surface area contributed by atoms with Gasteiger partial charge in [-0.15, -0.1) is 0 Å². The first-order chi connectivity index (χ1) is 20.7. The van der Waals surface area contributed by atoms with Gasteiger partial charge in [-0.3, -0.25) is 19.4 Å². The summed E-state index contributed by atoms with van der Waals surface area (Å²) >= 11 is 0. The summed E-state index contributed by atoms with van der Waals surface area (Å²) in [6.07, 6.45) is 9.36. The van der Waals surface area contributed by atoms with E-state index < -0.39 is 5.60 Å². The Kier molecular flexibility index (Phi) is 7.68. The standard InChI is InChI=1S/C33H37N7O3/c1-5-39-21-27(30(37-39)24-7-6-15-34-18-24)28-14-16-35-29(36-28)17-22-8-10-23(11-9-22)31(41)38-19-25-12-13-26(20-38)40(25)32(42)43-33(2,3)4/h6-11,14-16,18,21,25-26H,5,12-13,17,19-20H2,1-4H3. The SMILES string of the molecule is CCn1cc(-c2ccnc(Cc3ccc(C(=O)N4CC5CCC(C4)N5C(=O)OC(C)(C)C)cc3)n2)c(-c2cccnc2)n1. The zero-order valence-corrected chi connectivity index (χ0v) is 25.1. The molecule has 2 amide bonds. The summed E-state index contributed by atoms with van der Waals surface area (Å²) in [4.78, 5) is 43.6. The molecule has 2 aliphatic heterocycles. The number of amides is 2. The molecule has 1 aromatic carbocycles. The first kappa shape index (κ1) is 28.5. The third kappa shape index (κ3) is 6.14. The maximum atomic E-state index is 13.4. The van der Waals surface area contributed by atoms with E-state index >= 15 is 0 Å². The molecule has 2 unspecified atom stereocenters. The third-order valence-corrected chi connectivity index (χ3v) is 7.94. The van der Waals surface area contributed by atoms with Gasteiger partial charge in [-0.1, -0.05) is 12.1 Å². The predicted octanol–water partition coefficient (Wildman–Crippen LogP) is 5.24. The number of carbonyl (C=O) groups is 2. The lowest BCUT2D eigenvalue weighted by Crippen LogP contribution is -2.57. The minimum atomic E-state index is -0.543. The number of ether oxygens (including phenoxy) is 1. The summed E-state index contributed by atoms with van der Waals surface area (Å²) in [5.74, 6) is 0.675. The summed E-state index contributed by atoms with van der Waals surface area (Å²) in [5, 5.41) is 4.75. The molecule has 2 saturated heterocycles.